The monoisotopic (exact) mass is 1520 g/mol. The van der Waals surface area contributed by atoms with Crippen LogP contribution in [0.4, 0.5) is 39.1 Å². The summed E-state index contributed by atoms with van der Waals surface area (Å²) in [4.78, 5) is 23.9. The van der Waals surface area contributed by atoms with E-state index in [-0.39, 0.29) is 69.9 Å². The van der Waals surface area contributed by atoms with Gasteiger partial charge < -0.3 is 62.5 Å². The second-order valence-electron chi connectivity index (χ2n) is 25.3. The van der Waals surface area contributed by atoms with Crippen LogP contribution in [0.15, 0.2) is 164 Å². The minimum atomic E-state index is -2.95. The van der Waals surface area contributed by atoms with Gasteiger partial charge in [0, 0.05) is 63.4 Å². The molecule has 5 aromatic heterocycles. The number of allylic oxidation sites excluding steroid dienone is 1. The highest BCUT2D eigenvalue weighted by atomic mass is 32.2. The number of aliphatic hydroxyl groups is 2. The van der Waals surface area contributed by atoms with Crippen molar-refractivity contribution in [2.45, 2.75) is 164 Å². The Hall–Kier alpha value is -9.31. The number of anilines is 3. The summed E-state index contributed by atoms with van der Waals surface area (Å²) in [6.45, 7) is 17.2. The molecule has 5 aromatic carbocycles. The Bertz CT molecular complexity index is 4650. The van der Waals surface area contributed by atoms with Gasteiger partial charge in [0.1, 0.15) is 71.8 Å². The van der Waals surface area contributed by atoms with Gasteiger partial charge in [0.15, 0.2) is 37.6 Å². The first kappa shape index (κ1) is 84.9. The lowest BCUT2D eigenvalue weighted by molar-refractivity contribution is 0.182. The summed E-state index contributed by atoms with van der Waals surface area (Å²) in [5, 5.41) is 25.5. The molecule has 2 aliphatic rings. The van der Waals surface area contributed by atoms with Crippen LogP contribution in [0.3, 0.4) is 0 Å². The maximum absolute atomic E-state index is 13.2. The molecule has 4 N–H and O–H groups in total. The van der Waals surface area contributed by atoms with Gasteiger partial charge in [-0.3, -0.25) is 0 Å². The van der Waals surface area contributed by atoms with Gasteiger partial charge in [-0.1, -0.05) is 86.1 Å². The molecule has 0 spiro atoms. The normalized spacial score (nSPS) is 15.4. The van der Waals surface area contributed by atoms with Crippen LogP contribution in [0, 0.1) is 0 Å². The van der Waals surface area contributed by atoms with Gasteiger partial charge in [0.2, 0.25) is 0 Å². The molecule has 6 heterocycles. The number of sulfone groups is 1. The summed E-state index contributed by atoms with van der Waals surface area (Å²) in [5.74, 6) is 3.48. The number of hydrogen-bond donors (Lipinski definition) is 4. The molecule has 0 radical (unpaired) electrons. The molecule has 1 saturated carbocycles. The lowest BCUT2D eigenvalue weighted by Crippen LogP contribution is -2.40. The topological polar surface area (TPSA) is 248 Å². The zero-order valence-corrected chi connectivity index (χ0v) is 63.0. The fraction of sp³-hybridized carbons (Fsp3) is 0.438. The smallest absolute Gasteiger partial charge is 0.298 e. The van der Waals surface area contributed by atoms with Gasteiger partial charge in [-0.25, -0.2) is 45.3 Å². The second kappa shape index (κ2) is 44.1. The summed E-state index contributed by atoms with van der Waals surface area (Å²) in [6, 6.07) is 28.7. The predicted octanol–water partition coefficient (Wildman–Crippen LogP) is 20.2. The van der Waals surface area contributed by atoms with Crippen molar-refractivity contribution in [1.29, 1.82) is 0 Å². The molecular formula is C80H102F5N9O11S2. The maximum Gasteiger partial charge on any atom is 0.298 e. The molecule has 27 heteroatoms. The largest absolute Gasteiger partial charge is 0.489 e. The lowest BCUT2D eigenvalue weighted by atomic mass is 10.2. The van der Waals surface area contributed by atoms with E-state index in [2.05, 4.69) is 54.0 Å². The van der Waals surface area contributed by atoms with Gasteiger partial charge >= 0.3 is 0 Å². The van der Waals surface area contributed by atoms with E-state index in [0.29, 0.717) is 158 Å². The highest BCUT2D eigenvalue weighted by Gasteiger charge is 2.26. The summed E-state index contributed by atoms with van der Waals surface area (Å²) >= 11 is 1.54. The van der Waals surface area contributed by atoms with Crippen LogP contribution in [-0.4, -0.2) is 124 Å². The van der Waals surface area contributed by atoms with Crippen molar-refractivity contribution in [1.82, 2.24) is 29.5 Å². The first-order chi connectivity index (χ1) is 51.4. The number of nitrogens with one attached hydrogen (secondary N) is 2. The number of thiazole rings is 1. The van der Waals surface area contributed by atoms with Crippen LogP contribution in [0.2, 0.25) is 0 Å². The third-order valence-electron chi connectivity index (χ3n) is 17.4. The number of ether oxygens (including phenoxy) is 4. The minimum absolute atomic E-state index is 0. The Kier molecular flexibility index (Phi) is 35.0. The number of imidazole rings is 1. The van der Waals surface area contributed by atoms with Crippen molar-refractivity contribution in [3.8, 4) is 23.0 Å². The van der Waals surface area contributed by atoms with E-state index in [1.165, 1.54) is 17.4 Å². The van der Waals surface area contributed by atoms with Crippen LogP contribution in [0.5, 0.6) is 23.0 Å². The molecule has 0 bridgehead atoms. The number of unbranched alkanes of at least 4 members (excludes halogenated alkanes) is 2. The molecule has 1 aliphatic carbocycles. The van der Waals surface area contributed by atoms with Crippen LogP contribution in [0.1, 0.15) is 151 Å². The van der Waals surface area contributed by atoms with E-state index >= 15 is 0 Å². The number of halogens is 5. The van der Waals surface area contributed by atoms with Crippen LogP contribution in [-0.2, 0) is 22.8 Å². The summed E-state index contributed by atoms with van der Waals surface area (Å²) in [6.07, 6.45) is 16.9. The molecular weight excluding hydrogens is 1420 g/mol. The molecule has 107 heavy (non-hydrogen) atoms. The first-order valence-corrected chi connectivity index (χ1v) is 38.9. The number of aliphatic hydroxyl groups excluding tert-OH is 2. The van der Waals surface area contributed by atoms with E-state index in [4.69, 9.17) is 37.3 Å². The van der Waals surface area contributed by atoms with Crippen LogP contribution >= 0.6 is 11.3 Å². The molecule has 2 atom stereocenters. The first-order valence-electron chi connectivity index (χ1n) is 36.3. The number of fused-ring (bicyclic) bond motifs is 5. The van der Waals surface area contributed by atoms with Crippen molar-refractivity contribution in [3.63, 3.8) is 0 Å². The number of rotatable bonds is 31. The standard InChI is InChI=1S/C17H21FN2O3.C16H19FN2O4S.C16H21FN2O.C15H19FN2O2S.C15H18FNO.CH4/c1-2-11(9-18)10-22-14-5-6-15-16(8-14)23-17(20-15)19-12-3-4-13(21)7-12;1-2-12(10-17)11-22-13-3-4-14-15(9-13)23-16(18-14)19-5-7-24(20,21)8-6-19;1-3-5-8-19-12-18-15-9-14(6-7-16(15)19)20-11-13(4-2)10-17;1-2-11(9-16)10-20-12-4-5-13-14(8-12)21-15(18-13)17-6-3-7-19;1-3-5-6-15-17-13-8-7-11(9-12(16)4-2)10-14(13)18-15;/h5-6,8-9,12-13,21H,2-4,7,10H2,1H3,(H,19,20);3-4,9-10H,2,5-8,11H2,1H3;6-7,9-10,12H,3-5,8,11H2,1-2H3;4-5,8-9,19H,2-3,6-7,10H2,1H3,(H,17,18);7-10H,3-6H2,1-2H3;1H4/b11-9+;12-10+;13-10+;11-9+;12-9+;. The molecule has 580 valence electrons. The second-order valence-corrected chi connectivity index (χ2v) is 28.7. The van der Waals surface area contributed by atoms with Crippen molar-refractivity contribution in [2.75, 3.05) is 79.7 Å². The van der Waals surface area contributed by atoms with E-state index < -0.39 is 9.84 Å². The summed E-state index contributed by atoms with van der Waals surface area (Å²) < 4.78 is 129. The molecule has 2 unspecified atom stereocenters. The zero-order valence-electron chi connectivity index (χ0n) is 61.4. The number of aromatic nitrogens is 6. The van der Waals surface area contributed by atoms with E-state index in [0.717, 1.165) is 112 Å². The third kappa shape index (κ3) is 26.6. The SMILES string of the molecule is C.CC/C(=C\F)COc1ccc2nc(N3CCS(=O)(=O)CC3)oc2c1.CC/C(=C\F)COc1ccc2nc(NC3CCC(O)C3)oc2c1.CC/C(=C\F)COc1ccc2nc(NCCCO)sc2c1.CCCCc1nc2ccc(/C=C(/F)CC)cc2o1.CCCCn1cnc2cc(OC/C(=C/F)CC)ccc21. The van der Waals surface area contributed by atoms with Gasteiger partial charge in [-0.2, -0.15) is 9.97 Å². The summed E-state index contributed by atoms with van der Waals surface area (Å²) in [7, 11) is -2.95. The molecule has 20 nitrogen and oxygen atoms in total. The van der Waals surface area contributed by atoms with E-state index in [9.17, 15) is 35.5 Å². The Labute approximate surface area is 627 Å². The van der Waals surface area contributed by atoms with Crippen LogP contribution in [0.25, 0.3) is 60.6 Å². The molecule has 10 aromatic rings. The quantitative estimate of drug-likeness (QED) is 0.0233. The Balaban J connectivity index is 0.000000187. The van der Waals surface area contributed by atoms with Crippen molar-refractivity contribution in [2.24, 2.45) is 0 Å². The van der Waals surface area contributed by atoms with E-state index in [1.54, 1.807) is 37.3 Å². The number of nitrogens with zero attached hydrogens (tertiary/aromatic N) is 7. The van der Waals surface area contributed by atoms with Crippen molar-refractivity contribution < 1.29 is 72.8 Å². The number of hydrogen-bond acceptors (Lipinski definition) is 20. The fourth-order valence-electron chi connectivity index (χ4n) is 10.7. The number of aryl methyl sites for hydroxylation is 2. The van der Waals surface area contributed by atoms with Gasteiger partial charge in [-0.15, -0.1) is 0 Å². The van der Waals surface area contributed by atoms with Crippen LogP contribution < -0.4 is 34.5 Å². The van der Waals surface area contributed by atoms with Gasteiger partial charge in [0.25, 0.3) is 12.0 Å². The zero-order chi connectivity index (χ0) is 75.8. The third-order valence-corrected chi connectivity index (χ3v) is 19.9. The average Bonchev–Trinajstić information content (AvgIpc) is 1.69. The molecule has 0 amide bonds. The fourth-order valence-corrected chi connectivity index (χ4v) is 12.8. The molecule has 2 fully saturated rings. The Morgan fingerprint density at radius 2 is 1.16 bits per heavy atom. The highest BCUT2D eigenvalue weighted by Crippen LogP contribution is 2.32. The van der Waals surface area contributed by atoms with Crippen molar-refractivity contribution in [3.05, 3.63) is 162 Å². The minimum Gasteiger partial charge on any atom is -0.489 e. The summed E-state index contributed by atoms with van der Waals surface area (Å²) in [5.41, 5.74) is 10.4. The van der Waals surface area contributed by atoms with Gasteiger partial charge in [-0.05, 0) is 171 Å². The molecule has 1 aliphatic heterocycles. The predicted molar refractivity (Wildman–Crippen MR) is 419 cm³/mol. The number of oxazole rings is 3. The Morgan fingerprint density at radius 3 is 1.72 bits per heavy atom. The Morgan fingerprint density at radius 1 is 0.617 bits per heavy atom. The van der Waals surface area contributed by atoms with Gasteiger partial charge in [0.05, 0.1) is 70.5 Å². The molecule has 12 rings (SSSR count). The maximum atomic E-state index is 13.2. The molecule has 1 saturated heterocycles. The van der Waals surface area contributed by atoms with Crippen molar-refractivity contribution >= 4 is 99.0 Å². The average molecular weight is 1520 g/mol. The number of benzene rings is 5. The van der Waals surface area contributed by atoms with E-state index in [1.807, 2.05) is 99.6 Å². The highest BCUT2D eigenvalue weighted by molar-refractivity contribution is 7.91. The lowest BCUT2D eigenvalue weighted by Gasteiger charge is -2.24.